The molecule has 0 aliphatic heterocycles. The van der Waals surface area contributed by atoms with Crippen LogP contribution in [0.5, 0.6) is 0 Å². The van der Waals surface area contributed by atoms with Gasteiger partial charge in [0.2, 0.25) is 0 Å². The molecule has 2 N–H and O–H groups in total. The summed E-state index contributed by atoms with van der Waals surface area (Å²) in [5.41, 5.74) is 6.36. The topological polar surface area (TPSA) is 43.8 Å². The first-order chi connectivity index (χ1) is 7.49. The van der Waals surface area contributed by atoms with E-state index in [9.17, 15) is 8.78 Å². The first kappa shape index (κ1) is 11.1. The molecule has 0 aliphatic rings. The van der Waals surface area contributed by atoms with Crippen LogP contribution in [0.25, 0.3) is 11.3 Å². The molecule has 0 radical (unpaired) electrons. The molecule has 0 amide bonds. The molecule has 3 nitrogen and oxygen atoms in total. The molecular weight excluding hydrogens is 280 g/mol. The normalized spacial score (nSPS) is 10.8. The maximum absolute atomic E-state index is 13.3. The van der Waals surface area contributed by atoms with Gasteiger partial charge >= 0.3 is 0 Å². The third-order valence-corrected chi connectivity index (χ3v) is 2.99. The van der Waals surface area contributed by atoms with Gasteiger partial charge in [0.05, 0.1) is 10.2 Å². The molecule has 0 aliphatic carbocycles. The second-order valence-corrected chi connectivity index (χ2v) is 4.12. The Hall–Kier alpha value is -1.43. The molecule has 16 heavy (non-hydrogen) atoms. The minimum Gasteiger partial charge on any atom is -0.384 e. The number of benzene rings is 1. The van der Waals surface area contributed by atoms with Crippen molar-refractivity contribution in [2.75, 3.05) is 5.73 Å². The highest BCUT2D eigenvalue weighted by atomic mass is 79.9. The minimum absolute atomic E-state index is 0.173. The summed E-state index contributed by atoms with van der Waals surface area (Å²) in [7, 11) is 1.66. The summed E-state index contributed by atoms with van der Waals surface area (Å²) in [6.07, 6.45) is 0. The molecule has 0 fully saturated rings. The minimum atomic E-state index is -0.667. The summed E-state index contributed by atoms with van der Waals surface area (Å²) in [6.45, 7) is 0. The van der Waals surface area contributed by atoms with E-state index in [1.807, 2.05) is 0 Å². The Morgan fingerprint density at radius 3 is 2.56 bits per heavy atom. The summed E-state index contributed by atoms with van der Waals surface area (Å²) in [6, 6.07) is 3.56. The van der Waals surface area contributed by atoms with Crippen LogP contribution in [0.15, 0.2) is 22.7 Å². The summed E-state index contributed by atoms with van der Waals surface area (Å²) in [5.74, 6) is -0.897. The molecule has 0 saturated carbocycles. The van der Waals surface area contributed by atoms with Crippen molar-refractivity contribution >= 4 is 21.7 Å². The Bertz CT molecular complexity index is 532. The molecule has 0 spiro atoms. The average molecular weight is 288 g/mol. The number of aromatic nitrogens is 2. The lowest BCUT2D eigenvalue weighted by molar-refractivity contribution is 0.579. The van der Waals surface area contributed by atoms with Crippen LogP contribution in [-0.4, -0.2) is 9.78 Å². The monoisotopic (exact) mass is 287 g/mol. The molecule has 6 heteroatoms. The van der Waals surface area contributed by atoms with Gasteiger partial charge in [0.1, 0.15) is 17.5 Å². The standard InChI is InChI=1S/C10H8BrF2N3/c1-16-9(14)4-8(15-16)6-2-5(12)3-7(13)10(6)11/h2-4H,14H2,1H3. The molecule has 0 unspecified atom stereocenters. The van der Waals surface area contributed by atoms with E-state index in [4.69, 9.17) is 5.73 Å². The Balaban J connectivity index is 2.63. The van der Waals surface area contributed by atoms with Crippen LogP contribution < -0.4 is 5.73 Å². The van der Waals surface area contributed by atoms with E-state index >= 15 is 0 Å². The summed E-state index contributed by atoms with van der Waals surface area (Å²) in [5, 5.41) is 4.05. The predicted molar refractivity (Wildman–Crippen MR) is 60.7 cm³/mol. The molecular formula is C10H8BrF2N3. The molecule has 1 aromatic carbocycles. The number of halogens is 3. The third kappa shape index (κ3) is 1.80. The molecule has 2 aromatic rings. The van der Waals surface area contributed by atoms with Crippen molar-refractivity contribution in [3.8, 4) is 11.3 Å². The van der Waals surface area contributed by atoms with Crippen LogP contribution in [0.2, 0.25) is 0 Å². The predicted octanol–water partition coefficient (Wildman–Crippen LogP) is 2.71. The van der Waals surface area contributed by atoms with Crippen molar-refractivity contribution in [1.29, 1.82) is 0 Å². The Morgan fingerprint density at radius 2 is 2.00 bits per heavy atom. The second-order valence-electron chi connectivity index (χ2n) is 3.33. The highest BCUT2D eigenvalue weighted by molar-refractivity contribution is 9.10. The molecule has 2 rings (SSSR count). The van der Waals surface area contributed by atoms with Gasteiger partial charge in [0.25, 0.3) is 0 Å². The van der Waals surface area contributed by atoms with E-state index in [0.29, 0.717) is 17.1 Å². The summed E-state index contributed by atoms with van der Waals surface area (Å²) in [4.78, 5) is 0. The van der Waals surface area contributed by atoms with E-state index in [2.05, 4.69) is 21.0 Å². The lowest BCUT2D eigenvalue weighted by Gasteiger charge is -2.02. The first-order valence-electron chi connectivity index (χ1n) is 4.43. The van der Waals surface area contributed by atoms with Crippen molar-refractivity contribution in [2.45, 2.75) is 0 Å². The van der Waals surface area contributed by atoms with Crippen molar-refractivity contribution in [3.63, 3.8) is 0 Å². The van der Waals surface area contributed by atoms with E-state index < -0.39 is 11.6 Å². The third-order valence-electron chi connectivity index (χ3n) is 2.18. The number of hydrogen-bond acceptors (Lipinski definition) is 2. The smallest absolute Gasteiger partial charge is 0.140 e. The van der Waals surface area contributed by atoms with Gasteiger partial charge in [-0.25, -0.2) is 8.78 Å². The van der Waals surface area contributed by atoms with Crippen LogP contribution in [0, 0.1) is 11.6 Å². The van der Waals surface area contributed by atoms with Crippen LogP contribution in [0.4, 0.5) is 14.6 Å². The van der Waals surface area contributed by atoms with Gasteiger partial charge in [-0.15, -0.1) is 0 Å². The molecule has 0 bridgehead atoms. The Kier molecular flexibility index (Phi) is 2.67. The molecule has 0 saturated heterocycles. The van der Waals surface area contributed by atoms with E-state index in [-0.39, 0.29) is 4.47 Å². The molecule has 1 heterocycles. The van der Waals surface area contributed by atoms with Gasteiger partial charge in [0.15, 0.2) is 0 Å². The zero-order chi connectivity index (χ0) is 11.9. The lowest BCUT2D eigenvalue weighted by Crippen LogP contribution is -1.96. The lowest BCUT2D eigenvalue weighted by atomic mass is 10.1. The van der Waals surface area contributed by atoms with Crippen LogP contribution in [-0.2, 0) is 7.05 Å². The average Bonchev–Trinajstić information content (AvgIpc) is 2.53. The van der Waals surface area contributed by atoms with Gasteiger partial charge in [-0.1, -0.05) is 0 Å². The van der Waals surface area contributed by atoms with Gasteiger partial charge in [-0.05, 0) is 22.0 Å². The van der Waals surface area contributed by atoms with E-state index in [0.717, 1.165) is 6.07 Å². The Morgan fingerprint density at radius 1 is 1.31 bits per heavy atom. The van der Waals surface area contributed by atoms with Gasteiger partial charge in [0, 0.05) is 24.7 Å². The maximum atomic E-state index is 13.3. The highest BCUT2D eigenvalue weighted by Gasteiger charge is 2.13. The van der Waals surface area contributed by atoms with E-state index in [1.54, 1.807) is 13.1 Å². The van der Waals surface area contributed by atoms with Crippen molar-refractivity contribution in [2.24, 2.45) is 7.05 Å². The van der Waals surface area contributed by atoms with Crippen molar-refractivity contribution < 1.29 is 8.78 Å². The summed E-state index contributed by atoms with van der Waals surface area (Å²) < 4.78 is 28.0. The number of nitrogen functional groups attached to an aromatic ring is 1. The van der Waals surface area contributed by atoms with E-state index in [1.165, 1.54) is 10.7 Å². The van der Waals surface area contributed by atoms with Crippen molar-refractivity contribution in [1.82, 2.24) is 9.78 Å². The van der Waals surface area contributed by atoms with Gasteiger partial charge in [-0.2, -0.15) is 5.10 Å². The number of hydrogen-bond donors (Lipinski definition) is 1. The number of rotatable bonds is 1. The number of anilines is 1. The fourth-order valence-electron chi connectivity index (χ4n) is 1.36. The maximum Gasteiger partial charge on any atom is 0.140 e. The number of nitrogens with zero attached hydrogens (tertiary/aromatic N) is 2. The SMILES string of the molecule is Cn1nc(-c2cc(F)cc(F)c2Br)cc1N. The van der Waals surface area contributed by atoms with Crippen molar-refractivity contribution in [3.05, 3.63) is 34.3 Å². The first-order valence-corrected chi connectivity index (χ1v) is 5.23. The highest BCUT2D eigenvalue weighted by Crippen LogP contribution is 2.31. The number of nitrogens with two attached hydrogens (primary N) is 1. The summed E-state index contributed by atoms with van der Waals surface area (Å²) >= 11 is 3.05. The van der Waals surface area contributed by atoms with Crippen LogP contribution >= 0.6 is 15.9 Å². The molecule has 0 atom stereocenters. The zero-order valence-corrected chi connectivity index (χ0v) is 9.92. The Labute approximate surface area is 99.0 Å². The van der Waals surface area contributed by atoms with Gasteiger partial charge in [-0.3, -0.25) is 4.68 Å². The fraction of sp³-hybridized carbons (Fsp3) is 0.100. The zero-order valence-electron chi connectivity index (χ0n) is 8.34. The van der Waals surface area contributed by atoms with Gasteiger partial charge < -0.3 is 5.73 Å². The molecule has 1 aromatic heterocycles. The second kappa shape index (κ2) is 3.86. The largest absolute Gasteiger partial charge is 0.384 e. The van der Waals surface area contributed by atoms with Crippen LogP contribution in [0.1, 0.15) is 0 Å². The number of aryl methyl sites for hydroxylation is 1. The fourth-order valence-corrected chi connectivity index (χ4v) is 1.79. The van der Waals surface area contributed by atoms with Crippen LogP contribution in [0.3, 0.4) is 0 Å². The molecule has 84 valence electrons. The quantitative estimate of drug-likeness (QED) is 0.820.